The number of hydrogen-bond donors (Lipinski definition) is 2. The molecule has 0 amide bonds. The fourth-order valence-electron chi connectivity index (χ4n) is 3.46. The summed E-state index contributed by atoms with van der Waals surface area (Å²) in [5.41, 5.74) is 0. The smallest absolute Gasteiger partial charge is 0.0838 e. The van der Waals surface area contributed by atoms with Gasteiger partial charge in [-0.25, -0.2) is 0 Å². The maximum Gasteiger partial charge on any atom is 0.0838 e. The Labute approximate surface area is 140 Å². The highest BCUT2D eigenvalue weighted by Gasteiger charge is 2.29. The summed E-state index contributed by atoms with van der Waals surface area (Å²) >= 11 is 0. The molecule has 2 N–H and O–H groups in total. The van der Waals surface area contributed by atoms with Crippen molar-refractivity contribution in [1.29, 1.82) is 0 Å². The standard InChI is InChI=1S/C18H34O5/c1-3-13(22-17-9-5-7-15(17)19)11-21-12-14(4-2)23-18-10-6-8-16(18)20/h13-20H,3-12H2,1-2H3. The molecule has 0 bridgehead atoms. The zero-order chi connectivity index (χ0) is 16.7. The first-order valence-corrected chi connectivity index (χ1v) is 9.38. The first-order valence-electron chi connectivity index (χ1n) is 9.38. The number of rotatable bonds is 10. The Morgan fingerprint density at radius 1 is 0.783 bits per heavy atom. The van der Waals surface area contributed by atoms with E-state index >= 15 is 0 Å². The highest BCUT2D eigenvalue weighted by Crippen LogP contribution is 2.25. The van der Waals surface area contributed by atoms with Gasteiger partial charge >= 0.3 is 0 Å². The van der Waals surface area contributed by atoms with Gasteiger partial charge in [0.2, 0.25) is 0 Å². The van der Waals surface area contributed by atoms with Gasteiger partial charge in [0.05, 0.1) is 49.8 Å². The fourth-order valence-corrected chi connectivity index (χ4v) is 3.46. The molecular formula is C18H34O5. The van der Waals surface area contributed by atoms with Gasteiger partial charge in [0.1, 0.15) is 0 Å². The molecular weight excluding hydrogens is 296 g/mol. The van der Waals surface area contributed by atoms with Gasteiger partial charge < -0.3 is 24.4 Å². The van der Waals surface area contributed by atoms with Crippen LogP contribution in [0.3, 0.4) is 0 Å². The molecule has 0 aliphatic heterocycles. The number of hydrogen-bond acceptors (Lipinski definition) is 5. The lowest BCUT2D eigenvalue weighted by atomic mass is 10.2. The zero-order valence-electron chi connectivity index (χ0n) is 14.7. The van der Waals surface area contributed by atoms with E-state index in [4.69, 9.17) is 14.2 Å². The molecule has 5 nitrogen and oxygen atoms in total. The zero-order valence-corrected chi connectivity index (χ0v) is 14.7. The predicted octanol–water partition coefficient (Wildman–Crippen LogP) is 2.42. The normalized spacial score (nSPS) is 33.9. The van der Waals surface area contributed by atoms with Crippen LogP contribution in [0.4, 0.5) is 0 Å². The molecule has 2 aliphatic carbocycles. The minimum absolute atomic E-state index is 0.0299. The van der Waals surface area contributed by atoms with E-state index in [1.807, 2.05) is 0 Å². The summed E-state index contributed by atoms with van der Waals surface area (Å²) in [7, 11) is 0. The summed E-state index contributed by atoms with van der Waals surface area (Å²) in [4.78, 5) is 0. The van der Waals surface area contributed by atoms with E-state index in [0.717, 1.165) is 51.4 Å². The van der Waals surface area contributed by atoms with E-state index < -0.39 is 0 Å². The molecule has 0 aromatic rings. The number of aliphatic hydroxyl groups excluding tert-OH is 2. The van der Waals surface area contributed by atoms with Gasteiger partial charge in [-0.3, -0.25) is 0 Å². The molecule has 6 unspecified atom stereocenters. The van der Waals surface area contributed by atoms with E-state index in [-0.39, 0.29) is 36.6 Å². The Morgan fingerprint density at radius 2 is 1.22 bits per heavy atom. The van der Waals surface area contributed by atoms with Crippen LogP contribution in [0.2, 0.25) is 0 Å². The average Bonchev–Trinajstić information content (AvgIpc) is 3.14. The molecule has 0 saturated heterocycles. The van der Waals surface area contributed by atoms with E-state index in [0.29, 0.717) is 13.2 Å². The average molecular weight is 330 g/mol. The Bertz CT molecular complexity index is 295. The van der Waals surface area contributed by atoms with Gasteiger partial charge in [-0.15, -0.1) is 0 Å². The summed E-state index contributed by atoms with van der Waals surface area (Å²) in [6, 6.07) is 0. The molecule has 2 saturated carbocycles. The SMILES string of the molecule is CCC(COCC(CC)OC1CCCC1O)OC1CCCC1O. The largest absolute Gasteiger partial charge is 0.390 e. The highest BCUT2D eigenvalue weighted by molar-refractivity contribution is 4.79. The van der Waals surface area contributed by atoms with Crippen molar-refractivity contribution in [2.75, 3.05) is 13.2 Å². The second-order valence-electron chi connectivity index (χ2n) is 6.94. The maximum absolute atomic E-state index is 9.86. The van der Waals surface area contributed by atoms with Crippen molar-refractivity contribution in [3.63, 3.8) is 0 Å². The second-order valence-corrected chi connectivity index (χ2v) is 6.94. The molecule has 0 heterocycles. The van der Waals surface area contributed by atoms with Crippen molar-refractivity contribution >= 4 is 0 Å². The Kier molecular flexibility index (Phi) is 8.27. The van der Waals surface area contributed by atoms with E-state index in [1.165, 1.54) is 0 Å². The van der Waals surface area contributed by atoms with E-state index in [9.17, 15) is 10.2 Å². The third-order valence-corrected chi connectivity index (χ3v) is 5.09. The lowest BCUT2D eigenvalue weighted by Crippen LogP contribution is -2.33. The van der Waals surface area contributed by atoms with E-state index in [1.54, 1.807) is 0 Å². The molecule has 5 heteroatoms. The molecule has 2 aliphatic rings. The Hall–Kier alpha value is -0.200. The fraction of sp³-hybridized carbons (Fsp3) is 1.00. The van der Waals surface area contributed by atoms with Crippen molar-refractivity contribution in [3.8, 4) is 0 Å². The molecule has 0 aromatic carbocycles. The van der Waals surface area contributed by atoms with Crippen molar-refractivity contribution in [3.05, 3.63) is 0 Å². The molecule has 6 atom stereocenters. The van der Waals surface area contributed by atoms with Gasteiger partial charge in [-0.1, -0.05) is 13.8 Å². The molecule has 0 radical (unpaired) electrons. The minimum Gasteiger partial charge on any atom is -0.390 e. The summed E-state index contributed by atoms with van der Waals surface area (Å²) < 4.78 is 17.8. The van der Waals surface area contributed by atoms with Crippen LogP contribution in [-0.2, 0) is 14.2 Å². The molecule has 2 rings (SSSR count). The van der Waals surface area contributed by atoms with E-state index in [2.05, 4.69) is 13.8 Å². The summed E-state index contributed by atoms with van der Waals surface area (Å²) in [5, 5.41) is 19.7. The summed E-state index contributed by atoms with van der Waals surface area (Å²) in [6.07, 6.45) is 6.77. The summed E-state index contributed by atoms with van der Waals surface area (Å²) in [5.74, 6) is 0. The van der Waals surface area contributed by atoms with Crippen molar-refractivity contribution in [2.45, 2.75) is 102 Å². The molecule has 0 spiro atoms. The van der Waals surface area contributed by atoms with Crippen LogP contribution >= 0.6 is 0 Å². The van der Waals surface area contributed by atoms with Crippen molar-refractivity contribution in [1.82, 2.24) is 0 Å². The minimum atomic E-state index is -0.320. The topological polar surface area (TPSA) is 68.2 Å². The van der Waals surface area contributed by atoms with Crippen molar-refractivity contribution < 1.29 is 24.4 Å². The lowest BCUT2D eigenvalue weighted by Gasteiger charge is -2.26. The first-order chi connectivity index (χ1) is 11.1. The number of ether oxygens (including phenoxy) is 3. The summed E-state index contributed by atoms with van der Waals surface area (Å²) in [6.45, 7) is 5.23. The van der Waals surface area contributed by atoms with Gasteiger partial charge in [0.25, 0.3) is 0 Å². The van der Waals surface area contributed by atoms with Crippen LogP contribution in [0.25, 0.3) is 0 Å². The third-order valence-electron chi connectivity index (χ3n) is 5.09. The Balaban J connectivity index is 1.66. The van der Waals surface area contributed by atoms with Gasteiger partial charge in [0.15, 0.2) is 0 Å². The van der Waals surface area contributed by atoms with Crippen LogP contribution in [0.1, 0.15) is 65.2 Å². The van der Waals surface area contributed by atoms with Crippen LogP contribution in [-0.4, -0.2) is 60.1 Å². The lowest BCUT2D eigenvalue weighted by molar-refractivity contribution is -0.118. The first kappa shape index (κ1) is 19.1. The van der Waals surface area contributed by atoms with Gasteiger partial charge in [-0.2, -0.15) is 0 Å². The molecule has 0 aromatic heterocycles. The number of aliphatic hydroxyl groups is 2. The quantitative estimate of drug-likeness (QED) is 0.644. The third kappa shape index (κ3) is 5.98. The van der Waals surface area contributed by atoms with Gasteiger partial charge in [-0.05, 0) is 51.4 Å². The highest BCUT2D eigenvalue weighted by atomic mass is 16.6. The maximum atomic E-state index is 9.86. The van der Waals surface area contributed by atoms with Gasteiger partial charge in [0, 0.05) is 0 Å². The second kappa shape index (κ2) is 9.94. The molecule has 23 heavy (non-hydrogen) atoms. The predicted molar refractivity (Wildman–Crippen MR) is 88.4 cm³/mol. The van der Waals surface area contributed by atoms with Crippen LogP contribution in [0, 0.1) is 0 Å². The molecule has 2 fully saturated rings. The molecule has 136 valence electrons. The Morgan fingerprint density at radius 3 is 1.52 bits per heavy atom. The van der Waals surface area contributed by atoms with Crippen molar-refractivity contribution in [2.24, 2.45) is 0 Å². The van der Waals surface area contributed by atoms with Crippen LogP contribution < -0.4 is 0 Å². The van der Waals surface area contributed by atoms with Crippen LogP contribution in [0.15, 0.2) is 0 Å². The monoisotopic (exact) mass is 330 g/mol. The van der Waals surface area contributed by atoms with Crippen LogP contribution in [0.5, 0.6) is 0 Å².